The average molecular weight is 590 g/mol. The first-order valence-electron chi connectivity index (χ1n) is 12.8. The highest BCUT2D eigenvalue weighted by molar-refractivity contribution is 7.92. The van der Waals surface area contributed by atoms with E-state index in [2.05, 4.69) is 31.6 Å². The van der Waals surface area contributed by atoms with Crippen LogP contribution in [-0.2, 0) is 14.8 Å². The van der Waals surface area contributed by atoms with Crippen LogP contribution >= 0.6 is 0 Å². The second-order valence-corrected chi connectivity index (χ2v) is 10.5. The van der Waals surface area contributed by atoms with Crippen LogP contribution in [0, 0.1) is 5.82 Å². The topological polar surface area (TPSA) is 168 Å². The van der Waals surface area contributed by atoms with Gasteiger partial charge in [0.05, 0.1) is 37.6 Å². The molecule has 0 saturated heterocycles. The standard InChI is InChI=1S/C22H21F2N7O3S.C5H12O/c1-34-17-9-12(13-4-2-5-15(19(13)24)31-35(32,33)7-3-6-23)8-14-20(17)29-22(30-21(14)26)16-10-28-18(25)11-27-16;1-3-5-6-4-2/h2,4-5,8-11,31H,3,6-7H2,1H3,(H2,25,28)(H2,26,29,30);3-5H2,1-2H3. The summed E-state index contributed by atoms with van der Waals surface area (Å²) < 4.78 is 64.6. The van der Waals surface area contributed by atoms with Gasteiger partial charge in [-0.15, -0.1) is 0 Å². The highest BCUT2D eigenvalue weighted by Crippen LogP contribution is 2.37. The Labute approximate surface area is 237 Å². The Hall–Kier alpha value is -4.17. The van der Waals surface area contributed by atoms with Crippen LogP contribution in [0.5, 0.6) is 5.75 Å². The molecular weight excluding hydrogens is 556 g/mol. The predicted octanol–water partition coefficient (Wildman–Crippen LogP) is 4.60. The summed E-state index contributed by atoms with van der Waals surface area (Å²) in [5, 5.41) is 0.389. The van der Waals surface area contributed by atoms with Crippen LogP contribution in [0.2, 0.25) is 0 Å². The number of anilines is 3. The van der Waals surface area contributed by atoms with Gasteiger partial charge >= 0.3 is 0 Å². The summed E-state index contributed by atoms with van der Waals surface area (Å²) in [4.78, 5) is 16.9. The molecule has 0 fully saturated rings. The Morgan fingerprint density at radius 2 is 1.85 bits per heavy atom. The fourth-order valence-corrected chi connectivity index (χ4v) is 4.77. The van der Waals surface area contributed by atoms with Gasteiger partial charge in [-0.3, -0.25) is 9.11 Å². The van der Waals surface area contributed by atoms with Gasteiger partial charge in [-0.25, -0.2) is 32.7 Å². The molecule has 41 heavy (non-hydrogen) atoms. The highest BCUT2D eigenvalue weighted by atomic mass is 32.2. The number of alkyl halides is 1. The van der Waals surface area contributed by atoms with Crippen molar-refractivity contribution in [2.75, 3.05) is 48.9 Å². The Kier molecular flexibility index (Phi) is 11.1. The van der Waals surface area contributed by atoms with E-state index in [4.69, 9.17) is 20.9 Å². The van der Waals surface area contributed by atoms with E-state index in [0.29, 0.717) is 22.2 Å². The molecule has 2 aromatic heterocycles. The van der Waals surface area contributed by atoms with Crippen LogP contribution in [0.15, 0.2) is 42.7 Å². The van der Waals surface area contributed by atoms with E-state index < -0.39 is 28.3 Å². The number of fused-ring (bicyclic) bond motifs is 1. The van der Waals surface area contributed by atoms with Crippen LogP contribution in [0.25, 0.3) is 33.5 Å². The first kappa shape index (κ1) is 31.4. The molecule has 220 valence electrons. The van der Waals surface area contributed by atoms with Crippen LogP contribution in [0.4, 0.5) is 26.1 Å². The molecule has 0 bridgehead atoms. The van der Waals surface area contributed by atoms with E-state index in [0.717, 1.165) is 19.6 Å². The molecule has 4 rings (SSSR count). The third-order valence-electron chi connectivity index (χ3n) is 5.59. The zero-order chi connectivity index (χ0) is 30.0. The molecule has 0 aliphatic heterocycles. The number of hydrogen-bond donors (Lipinski definition) is 3. The average Bonchev–Trinajstić information content (AvgIpc) is 2.96. The first-order valence-corrected chi connectivity index (χ1v) is 14.5. The lowest BCUT2D eigenvalue weighted by Crippen LogP contribution is -2.18. The zero-order valence-corrected chi connectivity index (χ0v) is 23.8. The van der Waals surface area contributed by atoms with E-state index in [-0.39, 0.29) is 40.9 Å². The zero-order valence-electron chi connectivity index (χ0n) is 23.0. The molecule has 0 aliphatic rings. The fraction of sp³-hybridized carbons (Fsp3) is 0.333. The van der Waals surface area contributed by atoms with Gasteiger partial charge in [-0.05, 0) is 43.5 Å². The summed E-state index contributed by atoms with van der Waals surface area (Å²) in [6.07, 6.45) is 3.71. The molecule has 4 aromatic rings. The summed E-state index contributed by atoms with van der Waals surface area (Å²) in [7, 11) is -2.50. The van der Waals surface area contributed by atoms with Gasteiger partial charge < -0.3 is 20.9 Å². The molecule has 0 atom stereocenters. The number of nitrogen functional groups attached to an aromatic ring is 2. The number of rotatable bonds is 11. The molecule has 2 aromatic carbocycles. The van der Waals surface area contributed by atoms with Gasteiger partial charge in [0.15, 0.2) is 11.6 Å². The van der Waals surface area contributed by atoms with Gasteiger partial charge in [0, 0.05) is 24.2 Å². The maximum atomic E-state index is 15.3. The number of aromatic nitrogens is 4. The van der Waals surface area contributed by atoms with Gasteiger partial charge in [-0.1, -0.05) is 19.1 Å². The third-order valence-corrected chi connectivity index (χ3v) is 6.95. The molecule has 11 nitrogen and oxygen atoms in total. The smallest absolute Gasteiger partial charge is 0.232 e. The van der Waals surface area contributed by atoms with Crippen molar-refractivity contribution in [2.45, 2.75) is 26.7 Å². The van der Waals surface area contributed by atoms with Crippen LogP contribution in [0.3, 0.4) is 0 Å². The van der Waals surface area contributed by atoms with Crippen LogP contribution in [0.1, 0.15) is 26.7 Å². The summed E-state index contributed by atoms with van der Waals surface area (Å²) in [5.74, 6) is -0.475. The van der Waals surface area contributed by atoms with Gasteiger partial charge in [0.2, 0.25) is 10.0 Å². The number of nitrogens with one attached hydrogen (secondary N) is 1. The molecule has 0 unspecified atom stereocenters. The van der Waals surface area contributed by atoms with Gasteiger partial charge in [0.25, 0.3) is 0 Å². The normalized spacial score (nSPS) is 11.1. The van der Waals surface area contributed by atoms with E-state index in [1.54, 1.807) is 12.1 Å². The number of hydrogen-bond acceptors (Lipinski definition) is 10. The molecule has 0 saturated carbocycles. The Morgan fingerprint density at radius 3 is 2.46 bits per heavy atom. The summed E-state index contributed by atoms with van der Waals surface area (Å²) >= 11 is 0. The number of nitrogens with zero attached hydrogens (tertiary/aromatic N) is 4. The molecule has 14 heteroatoms. The minimum absolute atomic E-state index is 0.0868. The second-order valence-electron chi connectivity index (χ2n) is 8.66. The minimum Gasteiger partial charge on any atom is -0.494 e. The molecule has 0 amide bonds. The molecule has 0 spiro atoms. The van der Waals surface area contributed by atoms with Crippen LogP contribution < -0.4 is 20.9 Å². The lowest BCUT2D eigenvalue weighted by atomic mass is 10.0. The lowest BCUT2D eigenvalue weighted by molar-refractivity contribution is 0.148. The molecule has 2 heterocycles. The fourth-order valence-electron chi connectivity index (χ4n) is 3.69. The van der Waals surface area contributed by atoms with Crippen molar-refractivity contribution in [1.29, 1.82) is 0 Å². The quantitative estimate of drug-likeness (QED) is 0.210. The Balaban J connectivity index is 0.000000696. The Morgan fingerprint density at radius 1 is 1.07 bits per heavy atom. The first-order chi connectivity index (χ1) is 19.6. The van der Waals surface area contributed by atoms with Gasteiger partial charge in [0.1, 0.15) is 28.6 Å². The van der Waals surface area contributed by atoms with E-state index in [9.17, 15) is 12.8 Å². The minimum atomic E-state index is -3.92. The van der Waals surface area contributed by atoms with Crippen LogP contribution in [-0.4, -0.2) is 61.1 Å². The molecule has 5 N–H and O–H groups in total. The monoisotopic (exact) mass is 589 g/mol. The maximum Gasteiger partial charge on any atom is 0.232 e. The second kappa shape index (κ2) is 14.5. The number of halogens is 2. The molecule has 0 radical (unpaired) electrons. The maximum absolute atomic E-state index is 15.3. The van der Waals surface area contributed by atoms with E-state index in [1.165, 1.54) is 37.7 Å². The van der Waals surface area contributed by atoms with Crippen molar-refractivity contribution in [3.63, 3.8) is 0 Å². The molecule has 0 aliphatic carbocycles. The van der Waals surface area contributed by atoms with Crippen molar-refractivity contribution >= 4 is 38.2 Å². The van der Waals surface area contributed by atoms with Crippen molar-refractivity contribution in [2.24, 2.45) is 0 Å². The molecular formula is C27H33F2N7O4S. The van der Waals surface area contributed by atoms with Crippen molar-refractivity contribution in [3.05, 3.63) is 48.5 Å². The Bertz CT molecular complexity index is 1570. The van der Waals surface area contributed by atoms with E-state index in [1.807, 2.05) is 6.92 Å². The summed E-state index contributed by atoms with van der Waals surface area (Å²) in [6.45, 7) is 5.09. The number of methoxy groups -OCH3 is 1. The number of sulfonamides is 1. The summed E-state index contributed by atoms with van der Waals surface area (Å²) in [5.41, 5.74) is 12.7. The number of nitrogens with two attached hydrogens (primary N) is 2. The van der Waals surface area contributed by atoms with Gasteiger partial charge in [-0.2, -0.15) is 0 Å². The number of ether oxygens (including phenoxy) is 2. The van der Waals surface area contributed by atoms with E-state index >= 15 is 4.39 Å². The lowest BCUT2D eigenvalue weighted by Gasteiger charge is -2.14. The third kappa shape index (κ3) is 8.17. The van der Waals surface area contributed by atoms with Crippen molar-refractivity contribution in [1.82, 2.24) is 19.9 Å². The number of benzene rings is 2. The largest absolute Gasteiger partial charge is 0.494 e. The van der Waals surface area contributed by atoms with Crippen molar-refractivity contribution in [3.8, 4) is 28.4 Å². The highest BCUT2D eigenvalue weighted by Gasteiger charge is 2.19. The predicted molar refractivity (Wildman–Crippen MR) is 156 cm³/mol. The SMILES string of the molecule is CCCOCC.COc1cc(-c2cccc(NS(=O)(=O)CCCF)c2F)cc2c(N)nc(-c3cnc(N)cn3)nc12. The van der Waals surface area contributed by atoms with Crippen molar-refractivity contribution < 1.29 is 26.7 Å². The summed E-state index contributed by atoms with van der Waals surface area (Å²) in [6, 6.07) is 7.37.